The van der Waals surface area contributed by atoms with Gasteiger partial charge < -0.3 is 4.90 Å². The van der Waals surface area contributed by atoms with Crippen LogP contribution in [0.5, 0.6) is 0 Å². The molecule has 7 nitrogen and oxygen atoms in total. The van der Waals surface area contributed by atoms with Crippen LogP contribution in [0.4, 0.5) is 17.2 Å². The highest BCUT2D eigenvalue weighted by atomic mass is 28.3. The summed E-state index contributed by atoms with van der Waals surface area (Å²) in [4.78, 5) is 21.1. The Balaban J connectivity index is 1.22. The van der Waals surface area contributed by atoms with E-state index in [0.717, 1.165) is 56.8 Å². The fraction of sp³-hybridized carbons (Fsp3) is 0.0408. The SMILES string of the molecule is C1=CC2N=C3N(c4cc([Si](c5ccccc5)(c5ccccc5)c5ccccc5)cc(-n5c6ccccc6n6c7ccccc7nc56)n4)c4ccccc4N3C2C=C1. The lowest BCUT2D eigenvalue weighted by molar-refractivity contribution is 0.741. The topological polar surface area (TPSA) is 54.0 Å². The van der Waals surface area contributed by atoms with Crippen molar-refractivity contribution in [3.63, 3.8) is 0 Å². The zero-order valence-electron chi connectivity index (χ0n) is 30.8. The van der Waals surface area contributed by atoms with E-state index in [1.165, 1.54) is 20.7 Å². The molecule has 12 rings (SSSR count). The summed E-state index contributed by atoms with van der Waals surface area (Å²) >= 11 is 0. The van der Waals surface area contributed by atoms with Gasteiger partial charge in [-0.2, -0.15) is 0 Å². The number of aromatic nitrogens is 4. The summed E-state index contributed by atoms with van der Waals surface area (Å²) in [7, 11) is -3.03. The molecule has 0 radical (unpaired) electrons. The molecular formula is C49H35N7Si. The number of guanidine groups is 1. The number of benzene rings is 6. The zero-order valence-corrected chi connectivity index (χ0v) is 31.8. The van der Waals surface area contributed by atoms with Crippen LogP contribution in [0.1, 0.15) is 0 Å². The van der Waals surface area contributed by atoms with Crippen molar-refractivity contribution in [3.8, 4) is 5.82 Å². The standard InChI is InChI=1S/C49H35N7Si/c1-4-18-34(19-5-1)57(35-20-6-2-7-21-35,36-22-8-3-9-23-36)37-32-46(55-44-30-16-14-28-42(44)53-40-26-12-10-24-38(40)50-48(53)55)52-47(33-37)56-45-31-17-15-29-43(45)54-41-27-13-11-25-39(41)51-49(54)56/h1-33,38,40H. The van der Waals surface area contributed by atoms with Crippen LogP contribution in [0.25, 0.3) is 33.7 Å². The Labute approximate surface area is 330 Å². The van der Waals surface area contributed by atoms with Crippen LogP contribution in [0, 0.1) is 0 Å². The zero-order chi connectivity index (χ0) is 37.5. The van der Waals surface area contributed by atoms with Gasteiger partial charge in [0, 0.05) is 0 Å². The Morgan fingerprint density at radius 1 is 0.474 bits per heavy atom. The lowest BCUT2D eigenvalue weighted by Crippen LogP contribution is -2.74. The third kappa shape index (κ3) is 4.56. The third-order valence-electron chi connectivity index (χ3n) is 11.9. The molecule has 3 aromatic heterocycles. The van der Waals surface area contributed by atoms with Crippen LogP contribution < -0.4 is 30.5 Å². The number of allylic oxidation sites excluding steroid dienone is 2. The molecule has 0 saturated heterocycles. The van der Waals surface area contributed by atoms with E-state index in [1.54, 1.807) is 0 Å². The molecule has 6 aromatic carbocycles. The summed E-state index contributed by atoms with van der Waals surface area (Å²) in [6.07, 6.45) is 8.71. The Morgan fingerprint density at radius 3 is 1.74 bits per heavy atom. The van der Waals surface area contributed by atoms with Crippen molar-refractivity contribution in [2.24, 2.45) is 4.99 Å². The molecule has 0 spiro atoms. The minimum atomic E-state index is -3.03. The second-order valence-electron chi connectivity index (χ2n) is 14.9. The molecule has 1 aliphatic carbocycles. The molecule has 2 atom stereocenters. The van der Waals surface area contributed by atoms with Crippen molar-refractivity contribution in [1.82, 2.24) is 18.9 Å². The predicted molar refractivity (Wildman–Crippen MR) is 235 cm³/mol. The first-order chi connectivity index (χ1) is 28.3. The maximum absolute atomic E-state index is 5.71. The van der Waals surface area contributed by atoms with Crippen LogP contribution in [0.3, 0.4) is 0 Å². The number of para-hydroxylation sites is 6. The number of pyridine rings is 1. The molecule has 5 heterocycles. The fourth-order valence-corrected chi connectivity index (χ4v) is 14.3. The van der Waals surface area contributed by atoms with Gasteiger partial charge in [-0.3, -0.25) is 13.9 Å². The summed E-state index contributed by atoms with van der Waals surface area (Å²) in [6.45, 7) is 0. The maximum Gasteiger partial charge on any atom is 0.221 e. The van der Waals surface area contributed by atoms with E-state index in [9.17, 15) is 0 Å². The van der Waals surface area contributed by atoms with E-state index in [4.69, 9.17) is 15.0 Å². The predicted octanol–water partition coefficient (Wildman–Crippen LogP) is 7.39. The van der Waals surface area contributed by atoms with Crippen LogP contribution in [0.2, 0.25) is 0 Å². The first-order valence-corrected chi connectivity index (χ1v) is 21.5. The minimum Gasteiger partial charge on any atom is -0.300 e. The van der Waals surface area contributed by atoms with E-state index in [2.05, 4.69) is 219 Å². The highest BCUT2D eigenvalue weighted by Gasteiger charge is 2.47. The average Bonchev–Trinajstić information content (AvgIpc) is 4.01. The van der Waals surface area contributed by atoms with E-state index >= 15 is 0 Å². The fourth-order valence-electron chi connectivity index (χ4n) is 9.48. The molecule has 2 aliphatic heterocycles. The van der Waals surface area contributed by atoms with Crippen molar-refractivity contribution in [3.05, 3.63) is 200 Å². The molecule has 3 aliphatic rings. The van der Waals surface area contributed by atoms with Gasteiger partial charge in [-0.05, 0) is 69.3 Å². The van der Waals surface area contributed by atoms with Crippen molar-refractivity contribution in [2.75, 3.05) is 9.80 Å². The van der Waals surface area contributed by atoms with Gasteiger partial charge in [-0.25, -0.2) is 15.0 Å². The third-order valence-corrected chi connectivity index (χ3v) is 16.6. The van der Waals surface area contributed by atoms with Crippen LogP contribution in [-0.4, -0.2) is 45.1 Å². The normalized spacial score (nSPS) is 17.0. The highest BCUT2D eigenvalue weighted by molar-refractivity contribution is 7.20. The molecule has 0 amide bonds. The summed E-state index contributed by atoms with van der Waals surface area (Å²) < 4.78 is 4.52. The van der Waals surface area contributed by atoms with Crippen molar-refractivity contribution in [1.29, 1.82) is 0 Å². The Kier molecular flexibility index (Phi) is 6.94. The smallest absolute Gasteiger partial charge is 0.221 e. The summed E-state index contributed by atoms with van der Waals surface area (Å²) in [5.41, 5.74) is 6.31. The molecule has 0 bridgehead atoms. The van der Waals surface area contributed by atoms with E-state index < -0.39 is 8.07 Å². The summed E-state index contributed by atoms with van der Waals surface area (Å²) in [5.74, 6) is 3.32. The first kappa shape index (κ1) is 32.0. The molecule has 0 N–H and O–H groups in total. The summed E-state index contributed by atoms with van der Waals surface area (Å²) in [5, 5.41) is 5.09. The number of hydrogen-bond donors (Lipinski definition) is 0. The molecule has 270 valence electrons. The van der Waals surface area contributed by atoms with Gasteiger partial charge in [0.25, 0.3) is 0 Å². The largest absolute Gasteiger partial charge is 0.300 e. The van der Waals surface area contributed by atoms with Gasteiger partial charge in [-0.1, -0.05) is 152 Å². The van der Waals surface area contributed by atoms with E-state index in [1.807, 2.05) is 0 Å². The number of hydrogen-bond acceptors (Lipinski definition) is 5. The molecule has 0 fully saturated rings. The van der Waals surface area contributed by atoms with Crippen molar-refractivity contribution < 1.29 is 0 Å². The van der Waals surface area contributed by atoms with Gasteiger partial charge in [0.05, 0.1) is 45.5 Å². The van der Waals surface area contributed by atoms with Gasteiger partial charge >= 0.3 is 0 Å². The molecule has 57 heavy (non-hydrogen) atoms. The van der Waals surface area contributed by atoms with E-state index in [-0.39, 0.29) is 12.1 Å². The quantitative estimate of drug-likeness (QED) is 0.132. The number of nitrogens with zero attached hydrogens (tertiary/aromatic N) is 7. The first-order valence-electron chi connectivity index (χ1n) is 19.5. The van der Waals surface area contributed by atoms with Gasteiger partial charge in [0.2, 0.25) is 11.7 Å². The Bertz CT molecular complexity index is 3010. The lowest BCUT2D eigenvalue weighted by Gasteiger charge is -2.35. The number of aliphatic imine (C=N–C) groups is 1. The Morgan fingerprint density at radius 2 is 1.04 bits per heavy atom. The molecule has 2 unspecified atom stereocenters. The summed E-state index contributed by atoms with van der Waals surface area (Å²) in [6, 6.07) is 63.7. The lowest BCUT2D eigenvalue weighted by atomic mass is 10.0. The number of rotatable bonds is 6. The number of fused-ring (bicyclic) bond motifs is 10. The van der Waals surface area contributed by atoms with Gasteiger partial charge in [-0.15, -0.1) is 0 Å². The van der Waals surface area contributed by atoms with Gasteiger partial charge in [0.15, 0.2) is 8.07 Å². The van der Waals surface area contributed by atoms with Crippen LogP contribution in [-0.2, 0) is 0 Å². The highest BCUT2D eigenvalue weighted by Crippen LogP contribution is 2.46. The van der Waals surface area contributed by atoms with Gasteiger partial charge in [0.1, 0.15) is 11.6 Å². The van der Waals surface area contributed by atoms with Crippen molar-refractivity contribution in [2.45, 2.75) is 12.1 Å². The number of anilines is 3. The van der Waals surface area contributed by atoms with Crippen LogP contribution in [0.15, 0.2) is 205 Å². The van der Waals surface area contributed by atoms with E-state index in [0.29, 0.717) is 0 Å². The molecule has 0 saturated carbocycles. The van der Waals surface area contributed by atoms with Crippen LogP contribution >= 0.6 is 0 Å². The molecule has 9 aromatic rings. The number of imidazole rings is 2. The average molecular weight is 750 g/mol. The maximum atomic E-state index is 5.71. The Hall–Kier alpha value is -7.29. The molecular weight excluding hydrogens is 715 g/mol. The second kappa shape index (κ2) is 12.4. The molecule has 8 heteroatoms. The van der Waals surface area contributed by atoms with Crippen molar-refractivity contribution >= 4 is 79.8 Å². The minimum absolute atomic E-state index is 0.0142. The second-order valence-corrected chi connectivity index (χ2v) is 18.7. The monoisotopic (exact) mass is 749 g/mol.